The molecule has 5 rings (SSSR count). The SMILES string of the molecule is Cc1cc2c(cc1C(F)(F)F)N(C1CCC(C(=O)O)CC1)CCC[C@@H]2N(Cc1cc(C(F)(F)F)cc(C(F)(F)F)c1)c1nnn(C)n1. The second-order valence-corrected chi connectivity index (χ2v) is 12.0. The van der Waals surface area contributed by atoms with Gasteiger partial charge in [-0.2, -0.15) is 44.3 Å². The molecule has 2 aromatic carbocycles. The van der Waals surface area contributed by atoms with Crippen LogP contribution in [0.1, 0.15) is 77.9 Å². The van der Waals surface area contributed by atoms with E-state index in [1.54, 1.807) is 0 Å². The minimum absolute atomic E-state index is 0.0222. The van der Waals surface area contributed by atoms with Gasteiger partial charge >= 0.3 is 24.5 Å². The van der Waals surface area contributed by atoms with Crippen molar-refractivity contribution >= 4 is 17.6 Å². The molecule has 1 N–H and O–H groups in total. The Morgan fingerprint density at radius 1 is 0.894 bits per heavy atom. The van der Waals surface area contributed by atoms with E-state index in [-0.39, 0.29) is 47.8 Å². The molecule has 2 heterocycles. The van der Waals surface area contributed by atoms with Crippen molar-refractivity contribution in [3.05, 3.63) is 63.7 Å². The molecule has 1 aromatic heterocycles. The van der Waals surface area contributed by atoms with Crippen LogP contribution in [-0.2, 0) is 36.9 Å². The monoisotopic (exact) mass is 678 g/mol. The zero-order chi connectivity index (χ0) is 34.5. The second-order valence-electron chi connectivity index (χ2n) is 12.0. The summed E-state index contributed by atoms with van der Waals surface area (Å²) in [5.41, 5.74) is -3.82. The Bertz CT molecular complexity index is 1580. The van der Waals surface area contributed by atoms with Crippen LogP contribution in [0.2, 0.25) is 0 Å². The highest BCUT2D eigenvalue weighted by molar-refractivity contribution is 5.70. The van der Waals surface area contributed by atoms with E-state index in [1.807, 2.05) is 4.90 Å². The second kappa shape index (κ2) is 12.5. The quantitative estimate of drug-likeness (QED) is 0.269. The number of hydrogen-bond acceptors (Lipinski definition) is 6. The summed E-state index contributed by atoms with van der Waals surface area (Å²) in [7, 11) is 1.41. The first-order valence-electron chi connectivity index (χ1n) is 14.8. The maximum absolute atomic E-state index is 14.2. The summed E-state index contributed by atoms with van der Waals surface area (Å²) < 4.78 is 125. The number of fused-ring (bicyclic) bond motifs is 1. The van der Waals surface area contributed by atoms with E-state index < -0.39 is 59.7 Å². The molecule has 3 aromatic rings. The lowest BCUT2D eigenvalue weighted by Crippen LogP contribution is -2.40. The third-order valence-corrected chi connectivity index (χ3v) is 8.84. The van der Waals surface area contributed by atoms with E-state index in [9.17, 15) is 49.4 Å². The molecule has 0 saturated heterocycles. The number of anilines is 2. The third-order valence-electron chi connectivity index (χ3n) is 8.84. The molecule has 0 amide bonds. The number of carboxylic acid groups (broad SMARTS) is 1. The number of tetrazole rings is 1. The van der Waals surface area contributed by atoms with Gasteiger partial charge in [0.1, 0.15) is 0 Å². The topological polar surface area (TPSA) is 87.4 Å². The molecular formula is C30H31F9N6O2. The van der Waals surface area contributed by atoms with E-state index in [0.717, 1.165) is 10.9 Å². The fourth-order valence-corrected chi connectivity index (χ4v) is 6.62. The van der Waals surface area contributed by atoms with Gasteiger partial charge in [0.15, 0.2) is 0 Å². The molecule has 0 bridgehead atoms. The van der Waals surface area contributed by atoms with Crippen LogP contribution in [0.5, 0.6) is 0 Å². The Hall–Kier alpha value is -4.05. The maximum atomic E-state index is 14.2. The lowest BCUT2D eigenvalue weighted by atomic mass is 9.85. The van der Waals surface area contributed by atoms with Crippen LogP contribution in [-0.4, -0.2) is 43.9 Å². The van der Waals surface area contributed by atoms with Gasteiger partial charge in [0.25, 0.3) is 5.95 Å². The lowest BCUT2D eigenvalue weighted by molar-refractivity contribution is -0.144. The van der Waals surface area contributed by atoms with E-state index in [1.165, 1.54) is 24.9 Å². The predicted octanol–water partition coefficient (Wildman–Crippen LogP) is 7.57. The van der Waals surface area contributed by atoms with Crippen LogP contribution in [0.15, 0.2) is 30.3 Å². The summed E-state index contributed by atoms with van der Waals surface area (Å²) in [6.45, 7) is 1.02. The third kappa shape index (κ3) is 7.43. The van der Waals surface area contributed by atoms with Crippen molar-refractivity contribution in [1.82, 2.24) is 20.2 Å². The highest BCUT2D eigenvalue weighted by atomic mass is 19.4. The average molecular weight is 679 g/mol. The Labute approximate surface area is 263 Å². The van der Waals surface area contributed by atoms with Crippen molar-refractivity contribution in [3.8, 4) is 0 Å². The molecule has 256 valence electrons. The largest absolute Gasteiger partial charge is 0.481 e. The van der Waals surface area contributed by atoms with Gasteiger partial charge in [-0.05, 0) is 91.6 Å². The van der Waals surface area contributed by atoms with Gasteiger partial charge in [-0.25, -0.2) is 0 Å². The van der Waals surface area contributed by atoms with Crippen LogP contribution in [0, 0.1) is 12.8 Å². The number of rotatable bonds is 6. The van der Waals surface area contributed by atoms with E-state index in [2.05, 4.69) is 15.4 Å². The first kappa shape index (κ1) is 34.3. The van der Waals surface area contributed by atoms with E-state index in [4.69, 9.17) is 0 Å². The molecule has 1 saturated carbocycles. The summed E-state index contributed by atoms with van der Waals surface area (Å²) >= 11 is 0. The Balaban J connectivity index is 1.64. The molecule has 0 unspecified atom stereocenters. The van der Waals surface area contributed by atoms with Crippen molar-refractivity contribution in [2.45, 2.75) is 82.6 Å². The minimum atomic E-state index is -5.09. The fourth-order valence-electron chi connectivity index (χ4n) is 6.62. The van der Waals surface area contributed by atoms with Gasteiger partial charge < -0.3 is 14.9 Å². The van der Waals surface area contributed by atoms with Crippen molar-refractivity contribution < 1.29 is 49.4 Å². The van der Waals surface area contributed by atoms with Gasteiger partial charge in [0.2, 0.25) is 0 Å². The molecule has 2 aliphatic rings. The number of aromatic nitrogens is 4. The molecule has 8 nitrogen and oxygen atoms in total. The summed E-state index contributed by atoms with van der Waals surface area (Å²) in [6, 6.07) is 2.44. The van der Waals surface area contributed by atoms with Crippen molar-refractivity contribution in [2.75, 3.05) is 16.3 Å². The summed E-state index contributed by atoms with van der Waals surface area (Å²) in [5, 5.41) is 21.4. The van der Waals surface area contributed by atoms with E-state index in [0.29, 0.717) is 49.8 Å². The van der Waals surface area contributed by atoms with Crippen LogP contribution >= 0.6 is 0 Å². The number of nitrogens with zero attached hydrogens (tertiary/aromatic N) is 6. The number of halogens is 9. The summed E-state index contributed by atoms with van der Waals surface area (Å²) in [5.74, 6) is -1.64. The van der Waals surface area contributed by atoms with Gasteiger partial charge in [0, 0.05) is 24.8 Å². The van der Waals surface area contributed by atoms with Gasteiger partial charge in [0.05, 0.1) is 35.7 Å². The number of aryl methyl sites for hydroxylation is 2. The molecule has 1 fully saturated rings. The van der Waals surface area contributed by atoms with Crippen molar-refractivity contribution in [3.63, 3.8) is 0 Å². The molecule has 0 radical (unpaired) electrons. The molecule has 1 aliphatic carbocycles. The highest BCUT2D eigenvalue weighted by Crippen LogP contribution is 2.46. The molecule has 0 spiro atoms. The number of carbonyl (C=O) groups is 1. The number of aliphatic carboxylic acids is 1. The maximum Gasteiger partial charge on any atom is 0.416 e. The minimum Gasteiger partial charge on any atom is -0.481 e. The number of benzene rings is 2. The summed E-state index contributed by atoms with van der Waals surface area (Å²) in [4.78, 5) is 15.8. The van der Waals surface area contributed by atoms with Gasteiger partial charge in [-0.15, -0.1) is 5.10 Å². The zero-order valence-electron chi connectivity index (χ0n) is 25.2. The predicted molar refractivity (Wildman–Crippen MR) is 150 cm³/mol. The lowest BCUT2D eigenvalue weighted by Gasteiger charge is -2.39. The fraction of sp³-hybridized carbons (Fsp3) is 0.533. The standard InChI is InChI=1S/C30H31F9N6O2/c1-16-10-22-24(4-3-9-44(25(22)14-23(16)30(37,38)39)21-7-5-18(6-8-21)26(46)47)45(27-40-42-43(2)41-27)15-17-11-19(28(31,32)33)13-20(12-17)29(34,35)36/h10-14,18,21,24H,3-9,15H2,1-2H3,(H,46,47)/t18?,21?,24-/m0/s1. The molecule has 17 heteroatoms. The molecular weight excluding hydrogens is 647 g/mol. The van der Waals surface area contributed by atoms with E-state index >= 15 is 0 Å². The van der Waals surface area contributed by atoms with Crippen molar-refractivity contribution in [2.24, 2.45) is 13.0 Å². The molecule has 1 atom stereocenters. The number of hydrogen-bond donors (Lipinski definition) is 1. The van der Waals surface area contributed by atoms with Gasteiger partial charge in [-0.1, -0.05) is 11.2 Å². The van der Waals surface area contributed by atoms with Crippen LogP contribution in [0.3, 0.4) is 0 Å². The zero-order valence-corrected chi connectivity index (χ0v) is 25.2. The average Bonchev–Trinajstić information content (AvgIpc) is 3.32. The van der Waals surface area contributed by atoms with Crippen LogP contribution in [0.25, 0.3) is 0 Å². The first-order valence-corrected chi connectivity index (χ1v) is 14.8. The molecule has 1 aliphatic heterocycles. The van der Waals surface area contributed by atoms with Gasteiger partial charge in [-0.3, -0.25) is 4.79 Å². The van der Waals surface area contributed by atoms with Crippen LogP contribution in [0.4, 0.5) is 51.1 Å². The smallest absolute Gasteiger partial charge is 0.416 e. The Morgan fingerprint density at radius 3 is 2.02 bits per heavy atom. The van der Waals surface area contributed by atoms with Crippen LogP contribution < -0.4 is 9.80 Å². The summed E-state index contributed by atoms with van der Waals surface area (Å²) in [6.07, 6.45) is -12.8. The number of alkyl halides is 9. The highest BCUT2D eigenvalue weighted by Gasteiger charge is 2.41. The normalized spacial score (nSPS) is 20.9. The first-order chi connectivity index (χ1) is 21.8. The Kier molecular flexibility index (Phi) is 9.14. The molecule has 47 heavy (non-hydrogen) atoms. The Morgan fingerprint density at radius 2 is 1.51 bits per heavy atom. The number of carboxylic acids is 1. The van der Waals surface area contributed by atoms with Crippen molar-refractivity contribution in [1.29, 1.82) is 0 Å².